The Morgan fingerprint density at radius 3 is 2.70 bits per heavy atom. The van der Waals surface area contributed by atoms with Crippen LogP contribution in [0.25, 0.3) is 21.8 Å². The summed E-state index contributed by atoms with van der Waals surface area (Å²) in [4.78, 5) is 5.89. The Morgan fingerprint density at radius 2 is 1.91 bits per heavy atom. The van der Waals surface area contributed by atoms with Crippen LogP contribution in [0.1, 0.15) is 38.2 Å². The third-order valence-corrected chi connectivity index (χ3v) is 4.77. The van der Waals surface area contributed by atoms with Crippen LogP contribution in [-0.2, 0) is 0 Å². The fraction of sp³-hybridized carbons (Fsp3) is 0.400. The molecule has 1 aromatic heterocycles. The van der Waals surface area contributed by atoms with Gasteiger partial charge in [0.05, 0.1) is 11.2 Å². The van der Waals surface area contributed by atoms with E-state index in [0.29, 0.717) is 0 Å². The minimum Gasteiger partial charge on any atom is -0.397 e. The second-order valence-electron chi connectivity index (χ2n) is 6.53. The van der Waals surface area contributed by atoms with Gasteiger partial charge in [0.2, 0.25) is 0 Å². The molecule has 1 heterocycles. The van der Waals surface area contributed by atoms with Crippen molar-refractivity contribution < 1.29 is 0 Å². The van der Waals surface area contributed by atoms with Gasteiger partial charge < -0.3 is 15.6 Å². The van der Waals surface area contributed by atoms with Crippen molar-refractivity contribution in [1.29, 1.82) is 0 Å². The Bertz CT molecular complexity index is 816. The Morgan fingerprint density at radius 1 is 1.13 bits per heavy atom. The first-order valence-corrected chi connectivity index (χ1v) is 8.64. The molecule has 23 heavy (non-hydrogen) atoms. The van der Waals surface area contributed by atoms with Gasteiger partial charge in [-0.25, -0.2) is 0 Å². The highest BCUT2D eigenvalue weighted by atomic mass is 15.1. The van der Waals surface area contributed by atoms with Gasteiger partial charge in [0.1, 0.15) is 0 Å². The normalized spacial score (nSPS) is 11.4. The van der Waals surface area contributed by atoms with E-state index in [1.807, 2.05) is 0 Å². The van der Waals surface area contributed by atoms with Crippen molar-refractivity contribution in [3.8, 4) is 0 Å². The number of nitrogen functional groups attached to an aromatic ring is 1. The number of nitrogens with zero attached hydrogens (tertiary/aromatic N) is 1. The molecule has 0 aliphatic rings. The summed E-state index contributed by atoms with van der Waals surface area (Å²) in [6.07, 6.45) is 5.12. The molecule has 0 saturated heterocycles. The minimum atomic E-state index is 0.860. The van der Waals surface area contributed by atoms with Crippen LogP contribution in [0.4, 0.5) is 11.4 Å². The smallest absolute Gasteiger partial charge is 0.0722 e. The van der Waals surface area contributed by atoms with Crippen LogP contribution >= 0.6 is 0 Å². The first kappa shape index (κ1) is 15.7. The standard InChI is InChI=1S/C20H27N3/c1-4-5-6-9-12-23(3)17-13-14(2)19(21)20-18(17)15-10-7-8-11-16(15)22-20/h7-8,10-11,13,22H,4-6,9,12,21H2,1-3H3. The minimum absolute atomic E-state index is 0.860. The van der Waals surface area contributed by atoms with E-state index in [9.17, 15) is 0 Å². The number of para-hydroxylation sites is 1. The lowest BCUT2D eigenvalue weighted by Gasteiger charge is -2.22. The number of hydrogen-bond donors (Lipinski definition) is 2. The molecule has 0 unspecified atom stereocenters. The van der Waals surface area contributed by atoms with Crippen molar-refractivity contribution in [2.24, 2.45) is 0 Å². The average molecular weight is 309 g/mol. The number of fused-ring (bicyclic) bond motifs is 3. The van der Waals surface area contributed by atoms with Crippen LogP contribution < -0.4 is 10.6 Å². The van der Waals surface area contributed by atoms with Gasteiger partial charge in [-0.1, -0.05) is 44.4 Å². The second-order valence-corrected chi connectivity index (χ2v) is 6.53. The Balaban J connectivity index is 2.06. The number of aromatic nitrogens is 1. The topological polar surface area (TPSA) is 45.0 Å². The monoisotopic (exact) mass is 309 g/mol. The highest BCUT2D eigenvalue weighted by Crippen LogP contribution is 2.38. The number of nitrogens with one attached hydrogen (secondary N) is 1. The van der Waals surface area contributed by atoms with Gasteiger partial charge in [-0.15, -0.1) is 0 Å². The lowest BCUT2D eigenvalue weighted by Crippen LogP contribution is -2.19. The zero-order valence-corrected chi connectivity index (χ0v) is 14.4. The van der Waals surface area contributed by atoms with Crippen molar-refractivity contribution in [3.05, 3.63) is 35.9 Å². The zero-order chi connectivity index (χ0) is 16.4. The zero-order valence-electron chi connectivity index (χ0n) is 14.4. The highest BCUT2D eigenvalue weighted by molar-refractivity contribution is 6.17. The maximum Gasteiger partial charge on any atom is 0.0722 e. The van der Waals surface area contributed by atoms with Gasteiger partial charge >= 0.3 is 0 Å². The number of aryl methyl sites for hydroxylation is 1. The van der Waals surface area contributed by atoms with Gasteiger partial charge in [0.25, 0.3) is 0 Å². The van der Waals surface area contributed by atoms with E-state index in [0.717, 1.165) is 28.8 Å². The van der Waals surface area contributed by atoms with Crippen LogP contribution in [0, 0.1) is 6.92 Å². The van der Waals surface area contributed by atoms with E-state index in [1.54, 1.807) is 0 Å². The fourth-order valence-electron chi connectivity index (χ4n) is 3.36. The van der Waals surface area contributed by atoms with E-state index >= 15 is 0 Å². The molecule has 0 spiro atoms. The van der Waals surface area contributed by atoms with E-state index < -0.39 is 0 Å². The molecule has 122 valence electrons. The quantitative estimate of drug-likeness (QED) is 0.484. The summed E-state index contributed by atoms with van der Waals surface area (Å²) in [5.74, 6) is 0. The molecule has 0 aliphatic carbocycles. The summed E-state index contributed by atoms with van der Waals surface area (Å²) >= 11 is 0. The van der Waals surface area contributed by atoms with Crippen molar-refractivity contribution in [2.75, 3.05) is 24.2 Å². The van der Waals surface area contributed by atoms with Gasteiger partial charge in [-0.05, 0) is 31.0 Å². The highest BCUT2D eigenvalue weighted by Gasteiger charge is 2.15. The first-order chi connectivity index (χ1) is 11.1. The molecule has 3 rings (SSSR count). The molecule has 0 atom stereocenters. The third-order valence-electron chi connectivity index (χ3n) is 4.77. The summed E-state index contributed by atoms with van der Waals surface area (Å²) in [5, 5.41) is 2.51. The Kier molecular flexibility index (Phi) is 4.46. The van der Waals surface area contributed by atoms with Crippen LogP contribution in [-0.4, -0.2) is 18.6 Å². The van der Waals surface area contributed by atoms with Gasteiger partial charge in [-0.3, -0.25) is 0 Å². The number of benzene rings is 2. The molecule has 3 nitrogen and oxygen atoms in total. The molecule has 3 heteroatoms. The van der Waals surface area contributed by atoms with Crippen molar-refractivity contribution in [3.63, 3.8) is 0 Å². The summed E-state index contributed by atoms with van der Waals surface area (Å²) in [6.45, 7) is 5.43. The molecule has 0 saturated carbocycles. The SMILES string of the molecule is CCCCCCN(C)c1cc(C)c(N)c2[nH]c3ccccc3c12. The number of hydrogen-bond acceptors (Lipinski definition) is 2. The van der Waals surface area contributed by atoms with Crippen molar-refractivity contribution in [1.82, 2.24) is 4.98 Å². The van der Waals surface area contributed by atoms with Crippen molar-refractivity contribution in [2.45, 2.75) is 39.5 Å². The molecule has 0 radical (unpaired) electrons. The lowest BCUT2D eigenvalue weighted by molar-refractivity contribution is 0.662. The lowest BCUT2D eigenvalue weighted by atomic mass is 10.0. The number of unbranched alkanes of at least 4 members (excludes halogenated alkanes) is 3. The molecule has 3 aromatic rings. The number of rotatable bonds is 6. The first-order valence-electron chi connectivity index (χ1n) is 8.64. The van der Waals surface area contributed by atoms with E-state index in [4.69, 9.17) is 5.73 Å². The van der Waals surface area contributed by atoms with Crippen LogP contribution in [0.2, 0.25) is 0 Å². The average Bonchev–Trinajstić information content (AvgIpc) is 2.94. The Hall–Kier alpha value is -2.16. The third kappa shape index (κ3) is 2.88. The van der Waals surface area contributed by atoms with Gasteiger partial charge in [0.15, 0.2) is 0 Å². The van der Waals surface area contributed by atoms with E-state index in [2.05, 4.69) is 61.1 Å². The molecular weight excluding hydrogens is 282 g/mol. The fourth-order valence-corrected chi connectivity index (χ4v) is 3.36. The number of aromatic amines is 1. The number of nitrogens with two attached hydrogens (primary N) is 1. The summed E-state index contributed by atoms with van der Waals surface area (Å²) < 4.78 is 0. The van der Waals surface area contributed by atoms with Gasteiger partial charge in [-0.2, -0.15) is 0 Å². The van der Waals surface area contributed by atoms with E-state index in [1.165, 1.54) is 42.1 Å². The number of H-pyrrole nitrogens is 1. The summed E-state index contributed by atoms with van der Waals surface area (Å²) in [6, 6.07) is 10.7. The molecule has 2 aromatic carbocycles. The largest absolute Gasteiger partial charge is 0.397 e. The van der Waals surface area contributed by atoms with Crippen LogP contribution in [0.3, 0.4) is 0 Å². The maximum absolute atomic E-state index is 6.34. The molecule has 0 fully saturated rings. The summed E-state index contributed by atoms with van der Waals surface area (Å²) in [5.41, 5.74) is 11.8. The van der Waals surface area contributed by atoms with Gasteiger partial charge in [0, 0.05) is 35.6 Å². The molecule has 3 N–H and O–H groups in total. The Labute approximate surface area is 138 Å². The predicted octanol–water partition coefficient (Wildman–Crippen LogP) is 5.23. The second kappa shape index (κ2) is 6.53. The predicted molar refractivity (Wildman–Crippen MR) is 102 cm³/mol. The molecular formula is C20H27N3. The van der Waals surface area contributed by atoms with E-state index in [-0.39, 0.29) is 0 Å². The molecule has 0 aliphatic heterocycles. The van der Waals surface area contributed by atoms with Crippen LogP contribution in [0.5, 0.6) is 0 Å². The van der Waals surface area contributed by atoms with Crippen molar-refractivity contribution >= 4 is 33.2 Å². The molecule has 0 amide bonds. The maximum atomic E-state index is 6.34. The molecule has 0 bridgehead atoms. The summed E-state index contributed by atoms with van der Waals surface area (Å²) in [7, 11) is 2.19. The number of anilines is 2. The van der Waals surface area contributed by atoms with Crippen LogP contribution in [0.15, 0.2) is 30.3 Å².